The molecule has 5 nitrogen and oxygen atoms in total. The normalized spacial score (nSPS) is 24.8. The fourth-order valence-electron chi connectivity index (χ4n) is 3.71. The standard InChI is InChI=1S/C19H18F4N2O3/c20-12-10-13-15(16(12)28-18(26)11-6-2-1-3-7-11)17(19(21,22)23)24-25(13)14-8-4-5-9-27-14/h1-3,6-7,12,14,16H,4-5,8-10H2/t12-,14?,16+/m0/s1. The highest BCUT2D eigenvalue weighted by atomic mass is 19.4. The van der Waals surface area contributed by atoms with Gasteiger partial charge >= 0.3 is 12.1 Å². The molecule has 1 aromatic carbocycles. The summed E-state index contributed by atoms with van der Waals surface area (Å²) in [5.74, 6) is -0.879. The Balaban J connectivity index is 1.71. The first-order valence-corrected chi connectivity index (χ1v) is 9.06. The molecule has 0 bridgehead atoms. The molecular formula is C19H18F4N2O3. The lowest BCUT2D eigenvalue weighted by Crippen LogP contribution is -2.23. The van der Waals surface area contributed by atoms with E-state index in [9.17, 15) is 22.4 Å². The van der Waals surface area contributed by atoms with Crippen molar-refractivity contribution in [1.29, 1.82) is 0 Å². The van der Waals surface area contributed by atoms with Crippen LogP contribution in [0.4, 0.5) is 17.6 Å². The van der Waals surface area contributed by atoms with Gasteiger partial charge in [-0.2, -0.15) is 18.3 Å². The zero-order valence-corrected chi connectivity index (χ0v) is 14.8. The number of ether oxygens (including phenoxy) is 2. The molecule has 0 saturated carbocycles. The number of rotatable bonds is 3. The number of halogens is 4. The third kappa shape index (κ3) is 3.39. The van der Waals surface area contributed by atoms with E-state index < -0.39 is 41.9 Å². The third-order valence-electron chi connectivity index (χ3n) is 4.99. The van der Waals surface area contributed by atoms with Gasteiger partial charge in [-0.05, 0) is 31.4 Å². The smallest absolute Gasteiger partial charge is 0.435 e. The molecule has 2 aromatic rings. The molecule has 2 heterocycles. The molecule has 2 aliphatic rings. The number of hydrogen-bond acceptors (Lipinski definition) is 4. The highest BCUT2D eigenvalue weighted by Gasteiger charge is 2.49. The Morgan fingerprint density at radius 3 is 2.61 bits per heavy atom. The summed E-state index contributed by atoms with van der Waals surface area (Å²) in [4.78, 5) is 12.3. The number of nitrogens with zero attached hydrogens (tertiary/aromatic N) is 2. The maximum Gasteiger partial charge on any atom is 0.435 e. The lowest BCUT2D eigenvalue weighted by Gasteiger charge is -2.24. The summed E-state index contributed by atoms with van der Waals surface area (Å²) >= 11 is 0. The van der Waals surface area contributed by atoms with Crippen molar-refractivity contribution in [3.63, 3.8) is 0 Å². The van der Waals surface area contributed by atoms with Gasteiger partial charge in [0.1, 0.15) is 12.4 Å². The van der Waals surface area contributed by atoms with E-state index in [1.807, 2.05) is 0 Å². The van der Waals surface area contributed by atoms with Crippen LogP contribution >= 0.6 is 0 Å². The highest BCUT2D eigenvalue weighted by molar-refractivity contribution is 5.89. The van der Waals surface area contributed by atoms with Gasteiger partial charge in [0, 0.05) is 18.6 Å². The van der Waals surface area contributed by atoms with E-state index in [-0.39, 0.29) is 17.7 Å². The zero-order chi connectivity index (χ0) is 19.9. The number of esters is 1. The van der Waals surface area contributed by atoms with Crippen molar-refractivity contribution in [2.45, 2.75) is 50.4 Å². The highest BCUT2D eigenvalue weighted by Crippen LogP contribution is 2.45. The molecule has 0 spiro atoms. The summed E-state index contributed by atoms with van der Waals surface area (Å²) in [7, 11) is 0. The number of carbonyl (C=O) groups excluding carboxylic acids is 1. The molecule has 9 heteroatoms. The van der Waals surface area contributed by atoms with Crippen molar-refractivity contribution in [1.82, 2.24) is 9.78 Å². The summed E-state index contributed by atoms with van der Waals surface area (Å²) in [5.41, 5.74) is -1.40. The molecule has 1 aromatic heterocycles. The molecule has 28 heavy (non-hydrogen) atoms. The third-order valence-corrected chi connectivity index (χ3v) is 4.99. The van der Waals surface area contributed by atoms with E-state index >= 15 is 0 Å². The fourth-order valence-corrected chi connectivity index (χ4v) is 3.71. The summed E-state index contributed by atoms with van der Waals surface area (Å²) in [6, 6.07) is 7.76. The van der Waals surface area contributed by atoms with E-state index in [4.69, 9.17) is 9.47 Å². The number of hydrogen-bond donors (Lipinski definition) is 0. The molecule has 1 unspecified atom stereocenters. The number of aromatic nitrogens is 2. The monoisotopic (exact) mass is 398 g/mol. The Morgan fingerprint density at radius 1 is 1.21 bits per heavy atom. The number of benzene rings is 1. The van der Waals surface area contributed by atoms with E-state index in [1.54, 1.807) is 18.2 Å². The molecule has 150 valence electrons. The van der Waals surface area contributed by atoms with E-state index in [1.165, 1.54) is 12.1 Å². The van der Waals surface area contributed by atoms with E-state index in [0.717, 1.165) is 17.5 Å². The van der Waals surface area contributed by atoms with Gasteiger partial charge in [0.25, 0.3) is 0 Å². The second kappa shape index (κ2) is 7.20. The van der Waals surface area contributed by atoms with Crippen molar-refractivity contribution in [2.75, 3.05) is 6.61 Å². The van der Waals surface area contributed by atoms with Gasteiger partial charge in [-0.3, -0.25) is 0 Å². The minimum atomic E-state index is -4.80. The second-order valence-corrected chi connectivity index (χ2v) is 6.88. The second-order valence-electron chi connectivity index (χ2n) is 6.88. The number of carbonyl (C=O) groups is 1. The van der Waals surface area contributed by atoms with Crippen LogP contribution < -0.4 is 0 Å². The molecule has 1 aliphatic carbocycles. The van der Waals surface area contributed by atoms with Crippen LogP contribution in [-0.2, 0) is 22.1 Å². The van der Waals surface area contributed by atoms with Crippen molar-refractivity contribution in [2.24, 2.45) is 0 Å². The van der Waals surface area contributed by atoms with Crippen molar-refractivity contribution < 1.29 is 31.8 Å². The molecule has 1 fully saturated rings. The molecule has 0 radical (unpaired) electrons. The lowest BCUT2D eigenvalue weighted by molar-refractivity contribution is -0.144. The average molecular weight is 398 g/mol. The van der Waals surface area contributed by atoms with Crippen LogP contribution in [0, 0.1) is 0 Å². The molecule has 1 aliphatic heterocycles. The molecule has 1 saturated heterocycles. The van der Waals surface area contributed by atoms with Crippen molar-refractivity contribution in [3.8, 4) is 0 Å². The van der Waals surface area contributed by atoms with Crippen molar-refractivity contribution >= 4 is 5.97 Å². The van der Waals surface area contributed by atoms with Gasteiger partial charge in [-0.25, -0.2) is 13.9 Å². The van der Waals surface area contributed by atoms with Gasteiger partial charge in [0.05, 0.1) is 11.3 Å². The maximum atomic E-state index is 14.7. The lowest BCUT2D eigenvalue weighted by atomic mass is 10.1. The van der Waals surface area contributed by atoms with Gasteiger partial charge in [0.15, 0.2) is 11.8 Å². The van der Waals surface area contributed by atoms with Gasteiger partial charge in [-0.1, -0.05) is 18.2 Å². The largest absolute Gasteiger partial charge is 0.451 e. The van der Waals surface area contributed by atoms with Gasteiger partial charge < -0.3 is 9.47 Å². The zero-order valence-electron chi connectivity index (χ0n) is 14.8. The Kier molecular flexibility index (Phi) is 4.86. The molecule has 3 atom stereocenters. The quantitative estimate of drug-likeness (QED) is 0.568. The Morgan fingerprint density at radius 2 is 1.96 bits per heavy atom. The topological polar surface area (TPSA) is 53.3 Å². The van der Waals surface area contributed by atoms with Crippen LogP contribution in [0.15, 0.2) is 30.3 Å². The molecule has 4 rings (SSSR count). The first kappa shape index (κ1) is 18.9. The minimum Gasteiger partial charge on any atom is -0.451 e. The van der Waals surface area contributed by atoms with Crippen LogP contribution in [0.5, 0.6) is 0 Å². The number of alkyl halides is 4. The minimum absolute atomic E-state index is 0.0811. The average Bonchev–Trinajstić information content (AvgIpc) is 3.20. The summed E-state index contributed by atoms with van der Waals surface area (Å²) in [6.07, 6.45) is -7.13. The predicted molar refractivity (Wildman–Crippen MR) is 89.3 cm³/mol. The SMILES string of the molecule is O=C(O[C@H]1c2c(C(F)(F)F)nn(C3CCCCO3)c2C[C@@H]1F)c1ccccc1. The van der Waals surface area contributed by atoms with Crippen LogP contribution in [0.25, 0.3) is 0 Å². The van der Waals surface area contributed by atoms with Crippen LogP contribution in [0.1, 0.15) is 58.9 Å². The Bertz CT molecular complexity index is 860. The predicted octanol–water partition coefficient (Wildman–Crippen LogP) is 4.39. The number of fused-ring (bicyclic) bond motifs is 1. The Labute approximate surface area is 158 Å². The molecular weight excluding hydrogens is 380 g/mol. The summed E-state index contributed by atoms with van der Waals surface area (Å²) in [6.45, 7) is 0.409. The molecule has 0 N–H and O–H groups in total. The van der Waals surface area contributed by atoms with Crippen LogP contribution in [-0.4, -0.2) is 28.5 Å². The Hall–Kier alpha value is -2.42. The van der Waals surface area contributed by atoms with Crippen LogP contribution in [0.2, 0.25) is 0 Å². The van der Waals surface area contributed by atoms with E-state index in [0.29, 0.717) is 13.0 Å². The van der Waals surface area contributed by atoms with E-state index in [2.05, 4.69) is 5.10 Å². The first-order valence-electron chi connectivity index (χ1n) is 9.06. The fraction of sp³-hybridized carbons (Fsp3) is 0.474. The van der Waals surface area contributed by atoms with Gasteiger partial charge in [-0.15, -0.1) is 0 Å². The first-order chi connectivity index (χ1) is 13.4. The van der Waals surface area contributed by atoms with Gasteiger partial charge in [0.2, 0.25) is 0 Å². The summed E-state index contributed by atoms with van der Waals surface area (Å²) in [5, 5.41) is 3.70. The van der Waals surface area contributed by atoms with Crippen LogP contribution in [0.3, 0.4) is 0 Å². The molecule has 0 amide bonds. The maximum absolute atomic E-state index is 14.7. The summed E-state index contributed by atoms with van der Waals surface area (Å²) < 4.78 is 67.3. The van der Waals surface area contributed by atoms with Crippen molar-refractivity contribution in [3.05, 3.63) is 52.8 Å².